The molecule has 5 heteroatoms. The van der Waals surface area contributed by atoms with Gasteiger partial charge in [-0.3, -0.25) is 0 Å². The van der Waals surface area contributed by atoms with E-state index < -0.39 is 73.2 Å². The van der Waals surface area contributed by atoms with Gasteiger partial charge in [0.2, 0.25) is 0 Å². The minimum absolute atomic E-state index is 0.0255. The first-order valence-corrected chi connectivity index (χ1v) is 36.4. The highest BCUT2D eigenvalue weighted by molar-refractivity contribution is 7.00. The van der Waals surface area contributed by atoms with Crippen LogP contribution in [0.4, 0.5) is 34.1 Å². The van der Waals surface area contributed by atoms with Gasteiger partial charge >= 0.3 is 0 Å². The number of anilines is 6. The molecule has 0 amide bonds. The van der Waals surface area contributed by atoms with E-state index in [1.165, 1.54) is 0 Å². The van der Waals surface area contributed by atoms with Crippen molar-refractivity contribution in [3.8, 4) is 67.0 Å². The highest BCUT2D eigenvalue weighted by Crippen LogP contribution is 2.55. The Balaban J connectivity index is 1.10. The fourth-order valence-electron chi connectivity index (χ4n) is 16.1. The molecule has 0 N–H and O–H groups in total. The van der Waals surface area contributed by atoms with Crippen molar-refractivity contribution in [3.63, 3.8) is 0 Å². The van der Waals surface area contributed by atoms with Crippen LogP contribution in [0.3, 0.4) is 0 Å². The van der Waals surface area contributed by atoms with Gasteiger partial charge in [-0.2, -0.15) is 0 Å². The first-order chi connectivity index (χ1) is 56.0. The largest absolute Gasteiger partial charge is 0.311 e. The van der Waals surface area contributed by atoms with Gasteiger partial charge in [0.15, 0.2) is 0 Å². The average molecular weight is 1370 g/mol. The van der Waals surface area contributed by atoms with Crippen LogP contribution in [0.25, 0.3) is 111 Å². The minimum atomic E-state index is -0.722. The van der Waals surface area contributed by atoms with Gasteiger partial charge in [-0.05, 0) is 190 Å². The fraction of sp³-hybridized carbons (Fsp3) is 0.160. The number of hydrogen-bond donors (Lipinski definition) is 0. The van der Waals surface area contributed by atoms with Gasteiger partial charge in [-0.1, -0.05) is 307 Å². The number of fused-ring (bicyclic) bond motifs is 10. The van der Waals surface area contributed by atoms with Crippen LogP contribution >= 0.6 is 0 Å². The molecule has 0 aliphatic carbocycles. The van der Waals surface area contributed by atoms with Crippen molar-refractivity contribution in [1.82, 2.24) is 9.13 Å². The molecule has 105 heavy (non-hydrogen) atoms. The molecule has 0 atom stereocenters. The quantitative estimate of drug-likeness (QED) is 0.134. The molecule has 0 fully saturated rings. The Labute approximate surface area is 637 Å². The number of aromatic nitrogens is 2. The highest BCUT2D eigenvalue weighted by Gasteiger charge is 2.46. The van der Waals surface area contributed by atoms with Crippen LogP contribution in [0.15, 0.2) is 309 Å². The Hall–Kier alpha value is -11.7. The van der Waals surface area contributed by atoms with Crippen LogP contribution in [0, 0.1) is 0 Å². The zero-order chi connectivity index (χ0) is 83.3. The SMILES string of the molecule is [2H]c1c([2H])c([2H])c(-c2ccc3c(c2)N(c2c(-c4ccccc4)cc(C(C)(C)C)cc2-c2ccccc2)c2cc(-c4cc(C(C)(C)C)cc(C(C)(C)C)c4)cc4c2B3c2ccc(-n3c5c([2H])c([2H])c([2H])c([2H])c5c5c([2H])c([2H])c([2H])c([2H])c53)cc2N4c2cc(-c3cccc(C(C)(C)C)c3)cc3c2c2ccccc2n3-c2ccccc2)c([2H])c1[2H]. The van der Waals surface area contributed by atoms with Gasteiger partial charge in [0.05, 0.1) is 51.3 Å². The standard InChI is InChI=1S/C100H87BN4/c1-97(2,3)72-39-31-38-67(52-72)70-56-90-94(80-44-27-30-47-87(80)102(90)76-40-23-16-24-41-76)91(57-70)104-89-63-77(103-85-45-28-25-42-78(85)79-43-26-29-46-86(79)103)49-51-84(89)101-83-50-48-68(64-32-17-13-18-33-64)55-88(83)105(93-59-71(58-92(104)95(93)101)69-53-73(98(4,5)6)60-74(54-69)99(7,8)9)96-81(65-34-19-14-20-35-65)61-75(100(10,11)12)62-82(96)66-36-21-15-22-37-66/h13-63H,1-12H3/i13D,17D,18D,25D,26D,28D,29D,32D,33D,42D,43D,45D,46D. The number of nitrogens with zero attached hydrogens (tertiary/aromatic N) is 4. The van der Waals surface area contributed by atoms with Crippen LogP contribution in [0.1, 0.15) is 123 Å². The summed E-state index contributed by atoms with van der Waals surface area (Å²) >= 11 is 0. The molecule has 2 aliphatic rings. The number of para-hydroxylation sites is 4. The molecule has 0 spiro atoms. The normalized spacial score (nSPS) is 14.8. The predicted molar refractivity (Wildman–Crippen MR) is 451 cm³/mol. The Morgan fingerprint density at radius 2 is 0.733 bits per heavy atom. The summed E-state index contributed by atoms with van der Waals surface area (Å²) in [6.07, 6.45) is 0. The van der Waals surface area contributed by atoms with Gasteiger partial charge in [0.25, 0.3) is 6.71 Å². The van der Waals surface area contributed by atoms with Crippen LogP contribution in [0.5, 0.6) is 0 Å². The summed E-state index contributed by atoms with van der Waals surface area (Å²) in [5.41, 5.74) is 20.9. The molecule has 0 saturated carbocycles. The molecule has 16 aromatic rings. The molecule has 2 aliphatic heterocycles. The van der Waals surface area contributed by atoms with Gasteiger partial charge in [-0.15, -0.1) is 0 Å². The van der Waals surface area contributed by atoms with Gasteiger partial charge in [0.1, 0.15) is 0 Å². The van der Waals surface area contributed by atoms with Gasteiger partial charge in [0, 0.05) is 66.8 Å². The molecule has 0 radical (unpaired) electrons. The van der Waals surface area contributed by atoms with E-state index in [4.69, 9.17) is 4.11 Å². The molecule has 0 unspecified atom stereocenters. The summed E-state index contributed by atoms with van der Waals surface area (Å²) in [6.45, 7) is 26.1. The Morgan fingerprint density at radius 1 is 0.276 bits per heavy atom. The fourth-order valence-corrected chi connectivity index (χ4v) is 16.1. The second-order valence-electron chi connectivity index (χ2n) is 32.4. The van der Waals surface area contributed by atoms with Crippen molar-refractivity contribution in [1.29, 1.82) is 0 Å². The van der Waals surface area contributed by atoms with Crippen LogP contribution in [-0.4, -0.2) is 15.8 Å². The molecule has 2 aromatic heterocycles. The molecule has 510 valence electrons. The van der Waals surface area contributed by atoms with Crippen molar-refractivity contribution >= 4 is 101 Å². The summed E-state index contributed by atoms with van der Waals surface area (Å²) in [7, 11) is 0. The van der Waals surface area contributed by atoms with E-state index in [-0.39, 0.29) is 61.1 Å². The third-order valence-corrected chi connectivity index (χ3v) is 21.6. The summed E-state index contributed by atoms with van der Waals surface area (Å²) in [5.74, 6) is 0. The van der Waals surface area contributed by atoms with Crippen LogP contribution in [-0.2, 0) is 21.7 Å². The molecular weight excluding hydrogens is 1270 g/mol. The van der Waals surface area contributed by atoms with Crippen molar-refractivity contribution in [2.24, 2.45) is 0 Å². The smallest absolute Gasteiger partial charge is 0.252 e. The van der Waals surface area contributed by atoms with Crippen LogP contribution < -0.4 is 26.2 Å². The van der Waals surface area contributed by atoms with E-state index in [9.17, 15) is 13.7 Å². The molecular formula is C100H87BN4. The summed E-state index contributed by atoms with van der Waals surface area (Å²) in [6, 6.07) is 75.4. The molecule has 18 rings (SSSR count). The van der Waals surface area contributed by atoms with E-state index in [2.05, 4.69) is 286 Å². The molecule has 4 heterocycles. The van der Waals surface area contributed by atoms with Crippen molar-refractivity contribution in [2.45, 2.75) is 105 Å². The van der Waals surface area contributed by atoms with E-state index >= 15 is 0 Å². The van der Waals surface area contributed by atoms with E-state index in [0.717, 1.165) is 133 Å². The lowest BCUT2D eigenvalue weighted by Gasteiger charge is -2.46. The molecule has 0 saturated heterocycles. The van der Waals surface area contributed by atoms with E-state index in [0.29, 0.717) is 22.6 Å². The monoisotopic (exact) mass is 1370 g/mol. The Bertz CT molecular complexity index is 6760. The Kier molecular flexibility index (Phi) is 12.2. The topological polar surface area (TPSA) is 16.3 Å². The summed E-state index contributed by atoms with van der Waals surface area (Å²) in [4.78, 5) is 4.78. The third kappa shape index (κ3) is 11.0. The number of hydrogen-bond acceptors (Lipinski definition) is 2. The predicted octanol–water partition coefficient (Wildman–Crippen LogP) is 25.5. The van der Waals surface area contributed by atoms with Crippen LogP contribution in [0.2, 0.25) is 0 Å². The lowest BCUT2D eigenvalue weighted by molar-refractivity contribution is 0.569. The zero-order valence-corrected chi connectivity index (χ0v) is 61.3. The first kappa shape index (κ1) is 52.3. The van der Waals surface area contributed by atoms with Gasteiger partial charge in [-0.25, -0.2) is 0 Å². The first-order valence-electron chi connectivity index (χ1n) is 42.9. The summed E-state index contributed by atoms with van der Waals surface area (Å²) < 4.78 is 127. The van der Waals surface area contributed by atoms with Crippen molar-refractivity contribution in [3.05, 3.63) is 331 Å². The second kappa shape index (κ2) is 24.5. The van der Waals surface area contributed by atoms with E-state index in [1.54, 1.807) is 4.57 Å². The maximum Gasteiger partial charge on any atom is 0.252 e. The van der Waals surface area contributed by atoms with Gasteiger partial charge < -0.3 is 18.9 Å². The van der Waals surface area contributed by atoms with E-state index in [1.807, 2.05) is 42.5 Å². The number of benzene rings is 14. The second-order valence-corrected chi connectivity index (χ2v) is 32.4. The summed E-state index contributed by atoms with van der Waals surface area (Å²) in [5, 5.41) is 1.75. The third-order valence-electron chi connectivity index (χ3n) is 21.6. The van der Waals surface area contributed by atoms with Crippen molar-refractivity contribution < 1.29 is 17.8 Å². The lowest BCUT2D eigenvalue weighted by atomic mass is 9.33. The van der Waals surface area contributed by atoms with Crippen molar-refractivity contribution in [2.75, 3.05) is 9.80 Å². The minimum Gasteiger partial charge on any atom is -0.311 e. The molecule has 0 bridgehead atoms. The lowest BCUT2D eigenvalue weighted by Crippen LogP contribution is -2.61. The Morgan fingerprint density at radius 3 is 1.34 bits per heavy atom. The average Bonchev–Trinajstić information content (AvgIpc) is 1.36. The maximum atomic E-state index is 9.95. The highest BCUT2D eigenvalue weighted by atomic mass is 15.2. The molecule has 4 nitrogen and oxygen atoms in total. The number of rotatable bonds is 9. The maximum absolute atomic E-state index is 9.95. The zero-order valence-electron chi connectivity index (χ0n) is 74.3. The molecule has 14 aromatic carbocycles.